The van der Waals surface area contributed by atoms with E-state index in [2.05, 4.69) is 38.5 Å². The zero-order valence-corrected chi connectivity index (χ0v) is 20.0. The highest BCUT2D eigenvalue weighted by atomic mass is 32.1. The van der Waals surface area contributed by atoms with E-state index < -0.39 is 53.8 Å². The van der Waals surface area contributed by atoms with Crippen molar-refractivity contribution in [3.05, 3.63) is 18.2 Å². The summed E-state index contributed by atoms with van der Waals surface area (Å²) in [6, 6.07) is -4.58. The number of carboxylic acid groups (broad SMARTS) is 1. The molecule has 34 heavy (non-hydrogen) atoms. The first-order chi connectivity index (χ1) is 16.0. The molecular formula is C20H33N7O6S. The van der Waals surface area contributed by atoms with Gasteiger partial charge in [-0.3, -0.25) is 19.2 Å². The summed E-state index contributed by atoms with van der Waals surface area (Å²) in [5.41, 5.74) is 11.6. The number of hydrogen-bond donors (Lipinski definition) is 8. The minimum absolute atomic E-state index is 0.0423. The number of hydrogen-bond acceptors (Lipinski definition) is 8. The van der Waals surface area contributed by atoms with Crippen LogP contribution >= 0.6 is 12.6 Å². The molecule has 0 bridgehead atoms. The van der Waals surface area contributed by atoms with Gasteiger partial charge in [0.25, 0.3) is 0 Å². The van der Waals surface area contributed by atoms with Gasteiger partial charge in [0.2, 0.25) is 23.6 Å². The van der Waals surface area contributed by atoms with Crippen LogP contribution in [0.3, 0.4) is 0 Å². The number of amides is 4. The number of aliphatic carboxylic acids is 1. The third-order valence-electron chi connectivity index (χ3n) is 5.28. The first-order valence-corrected chi connectivity index (χ1v) is 11.4. The Labute approximate surface area is 202 Å². The van der Waals surface area contributed by atoms with Crippen molar-refractivity contribution in [3.8, 4) is 0 Å². The monoisotopic (exact) mass is 499 g/mol. The number of aromatic amines is 1. The molecule has 0 aliphatic carbocycles. The number of thiol groups is 1. The number of aromatic nitrogens is 2. The normalized spacial score (nSPS) is 15.3. The summed E-state index contributed by atoms with van der Waals surface area (Å²) in [4.78, 5) is 67.6. The first kappa shape index (κ1) is 28.9. The van der Waals surface area contributed by atoms with Gasteiger partial charge in [-0.05, 0) is 12.3 Å². The van der Waals surface area contributed by atoms with Crippen LogP contribution < -0.4 is 27.4 Å². The van der Waals surface area contributed by atoms with Gasteiger partial charge >= 0.3 is 5.97 Å². The summed E-state index contributed by atoms with van der Waals surface area (Å²) < 4.78 is 0. The molecule has 14 heteroatoms. The van der Waals surface area contributed by atoms with Gasteiger partial charge in [-0.1, -0.05) is 20.3 Å². The standard InChI is InChI=1S/C20H33N7O6S/c1-3-10(2)16(22)19(31)25-12(4-5-15(21)28)17(29)26-13(6-11-7-23-9-24-11)18(30)27-14(8-34)20(32)33/h7,9-10,12-14,16,34H,3-6,8,22H2,1-2H3,(H2,21,28)(H,23,24)(H,25,31)(H,26,29)(H,27,30)(H,32,33). The minimum Gasteiger partial charge on any atom is -0.480 e. The number of nitrogens with zero attached hydrogens (tertiary/aromatic N) is 1. The van der Waals surface area contributed by atoms with Gasteiger partial charge in [-0.2, -0.15) is 12.6 Å². The number of nitrogens with two attached hydrogens (primary N) is 2. The van der Waals surface area contributed by atoms with Gasteiger partial charge in [-0.15, -0.1) is 0 Å². The fraction of sp³-hybridized carbons (Fsp3) is 0.600. The summed E-state index contributed by atoms with van der Waals surface area (Å²) in [5.74, 6) is -4.42. The molecule has 1 aromatic heterocycles. The zero-order chi connectivity index (χ0) is 25.8. The predicted octanol–water partition coefficient (Wildman–Crippen LogP) is -1.94. The highest BCUT2D eigenvalue weighted by molar-refractivity contribution is 7.80. The fourth-order valence-electron chi connectivity index (χ4n) is 2.89. The van der Waals surface area contributed by atoms with Crippen LogP contribution in [-0.4, -0.2) is 74.6 Å². The number of imidazole rings is 1. The Kier molecular flexibility index (Phi) is 12.1. The number of rotatable bonds is 15. The van der Waals surface area contributed by atoms with Crippen LogP contribution in [0.2, 0.25) is 0 Å². The molecule has 0 aliphatic heterocycles. The second-order valence-electron chi connectivity index (χ2n) is 7.90. The minimum atomic E-state index is -1.29. The van der Waals surface area contributed by atoms with Crippen molar-refractivity contribution < 1.29 is 29.1 Å². The van der Waals surface area contributed by atoms with Crippen molar-refractivity contribution in [3.63, 3.8) is 0 Å². The molecule has 0 aromatic carbocycles. The van der Waals surface area contributed by atoms with Crippen molar-refractivity contribution in [1.82, 2.24) is 25.9 Å². The Morgan fingerprint density at radius 3 is 2.18 bits per heavy atom. The number of nitrogens with one attached hydrogen (secondary N) is 4. The van der Waals surface area contributed by atoms with Crippen LogP contribution in [0, 0.1) is 5.92 Å². The molecule has 1 aromatic rings. The van der Waals surface area contributed by atoms with Crippen molar-refractivity contribution in [2.24, 2.45) is 17.4 Å². The largest absolute Gasteiger partial charge is 0.480 e. The van der Waals surface area contributed by atoms with Crippen LogP contribution in [0.25, 0.3) is 0 Å². The lowest BCUT2D eigenvalue weighted by atomic mass is 9.98. The Morgan fingerprint density at radius 2 is 1.68 bits per heavy atom. The molecule has 0 radical (unpaired) electrons. The molecule has 13 nitrogen and oxygen atoms in total. The third kappa shape index (κ3) is 9.39. The molecule has 0 spiro atoms. The number of primary amides is 1. The average Bonchev–Trinajstić information content (AvgIpc) is 3.30. The van der Waals surface area contributed by atoms with Crippen LogP contribution in [0.1, 0.15) is 38.8 Å². The molecule has 5 unspecified atom stereocenters. The smallest absolute Gasteiger partial charge is 0.327 e. The Hall–Kier alpha value is -3.13. The summed E-state index contributed by atoms with van der Waals surface area (Å²) in [5, 5.41) is 16.5. The average molecular weight is 500 g/mol. The quantitative estimate of drug-likeness (QED) is 0.126. The third-order valence-corrected chi connectivity index (χ3v) is 5.65. The van der Waals surface area contributed by atoms with Gasteiger partial charge in [0, 0.05) is 30.5 Å². The van der Waals surface area contributed by atoms with E-state index in [9.17, 15) is 29.1 Å². The van der Waals surface area contributed by atoms with E-state index in [1.54, 1.807) is 6.92 Å². The molecule has 1 rings (SSSR count). The molecular weight excluding hydrogens is 466 g/mol. The van der Waals surface area contributed by atoms with Crippen LogP contribution in [0.15, 0.2) is 12.5 Å². The summed E-state index contributed by atoms with van der Waals surface area (Å²) in [6.45, 7) is 3.65. The second kappa shape index (κ2) is 14.2. The number of carbonyl (C=O) groups excluding carboxylic acids is 4. The van der Waals surface area contributed by atoms with Crippen molar-refractivity contribution >= 4 is 42.2 Å². The van der Waals surface area contributed by atoms with E-state index >= 15 is 0 Å². The lowest BCUT2D eigenvalue weighted by Crippen LogP contribution is -2.58. The van der Waals surface area contributed by atoms with Crippen LogP contribution in [0.5, 0.6) is 0 Å². The van der Waals surface area contributed by atoms with E-state index in [0.717, 1.165) is 0 Å². The lowest BCUT2D eigenvalue weighted by molar-refractivity contribution is -0.141. The molecule has 0 aliphatic rings. The molecule has 0 fully saturated rings. The van der Waals surface area contributed by atoms with Crippen molar-refractivity contribution in [2.45, 2.75) is 63.7 Å². The summed E-state index contributed by atoms with van der Waals surface area (Å²) in [6.07, 6.45) is 3.10. The Balaban J connectivity index is 3.06. The predicted molar refractivity (Wildman–Crippen MR) is 125 cm³/mol. The van der Waals surface area contributed by atoms with E-state index in [1.807, 2.05) is 6.92 Å². The number of carbonyl (C=O) groups is 5. The highest BCUT2D eigenvalue weighted by Crippen LogP contribution is 2.08. The van der Waals surface area contributed by atoms with Gasteiger partial charge < -0.3 is 37.5 Å². The van der Waals surface area contributed by atoms with E-state index in [0.29, 0.717) is 12.1 Å². The maximum atomic E-state index is 13.0. The Morgan fingerprint density at radius 1 is 1.09 bits per heavy atom. The molecule has 0 saturated carbocycles. The van der Waals surface area contributed by atoms with Gasteiger partial charge in [0.15, 0.2) is 0 Å². The number of H-pyrrole nitrogens is 1. The molecule has 190 valence electrons. The molecule has 1 heterocycles. The van der Waals surface area contributed by atoms with Gasteiger partial charge in [0.05, 0.1) is 12.4 Å². The molecule has 9 N–H and O–H groups in total. The summed E-state index contributed by atoms with van der Waals surface area (Å²) in [7, 11) is 0. The van der Waals surface area contributed by atoms with E-state index in [4.69, 9.17) is 11.5 Å². The number of carboxylic acids is 1. The molecule has 5 atom stereocenters. The first-order valence-electron chi connectivity index (χ1n) is 10.8. The van der Waals surface area contributed by atoms with Gasteiger partial charge in [-0.25, -0.2) is 9.78 Å². The molecule has 4 amide bonds. The highest BCUT2D eigenvalue weighted by Gasteiger charge is 2.31. The van der Waals surface area contributed by atoms with Crippen LogP contribution in [0.4, 0.5) is 0 Å². The van der Waals surface area contributed by atoms with E-state index in [1.165, 1.54) is 12.5 Å². The zero-order valence-electron chi connectivity index (χ0n) is 19.1. The topological polar surface area (TPSA) is 222 Å². The fourth-order valence-corrected chi connectivity index (χ4v) is 3.14. The lowest BCUT2D eigenvalue weighted by Gasteiger charge is -2.25. The second-order valence-corrected chi connectivity index (χ2v) is 8.27. The maximum absolute atomic E-state index is 13.0. The van der Waals surface area contributed by atoms with Crippen molar-refractivity contribution in [2.75, 3.05) is 5.75 Å². The van der Waals surface area contributed by atoms with Crippen molar-refractivity contribution in [1.29, 1.82) is 0 Å². The SMILES string of the molecule is CCC(C)C(N)C(=O)NC(CCC(N)=O)C(=O)NC(Cc1cnc[nH]1)C(=O)NC(CS)C(=O)O. The van der Waals surface area contributed by atoms with Gasteiger partial charge in [0.1, 0.15) is 18.1 Å². The molecule has 0 saturated heterocycles. The Bertz CT molecular complexity index is 850. The van der Waals surface area contributed by atoms with E-state index in [-0.39, 0.29) is 30.9 Å². The summed E-state index contributed by atoms with van der Waals surface area (Å²) >= 11 is 3.92. The maximum Gasteiger partial charge on any atom is 0.327 e. The van der Waals surface area contributed by atoms with Crippen LogP contribution in [-0.2, 0) is 30.4 Å².